The van der Waals surface area contributed by atoms with E-state index >= 15 is 0 Å². The molecule has 1 aromatic heterocycles. The fourth-order valence-electron chi connectivity index (χ4n) is 3.00. The topological polar surface area (TPSA) is 93.4 Å². The normalized spacial score (nSPS) is 11.7. The van der Waals surface area contributed by atoms with Gasteiger partial charge in [0.1, 0.15) is 6.54 Å². The van der Waals surface area contributed by atoms with Crippen molar-refractivity contribution in [2.24, 2.45) is 14.1 Å². The third-order valence-electron chi connectivity index (χ3n) is 4.50. The molecule has 0 saturated heterocycles. The van der Waals surface area contributed by atoms with E-state index in [4.69, 9.17) is 34.8 Å². The molecule has 0 bridgehead atoms. The van der Waals surface area contributed by atoms with Crippen LogP contribution in [-0.2, 0) is 28.9 Å². The van der Waals surface area contributed by atoms with Crippen LogP contribution < -0.4 is 15.3 Å². The number of hydrogen-bond donors (Lipinski definition) is 1. The lowest BCUT2D eigenvalue weighted by Gasteiger charge is -2.23. The number of carbonyl (C=O) groups excluding carboxylic acids is 1. The van der Waals surface area contributed by atoms with Gasteiger partial charge in [-0.2, -0.15) is 0 Å². The lowest BCUT2D eigenvalue weighted by molar-refractivity contribution is -0.114. The van der Waals surface area contributed by atoms with Crippen molar-refractivity contribution in [3.8, 4) is 0 Å². The van der Waals surface area contributed by atoms with E-state index in [1.54, 1.807) is 32.3 Å². The Labute approximate surface area is 187 Å². The van der Waals surface area contributed by atoms with Gasteiger partial charge in [0.2, 0.25) is 15.9 Å². The van der Waals surface area contributed by atoms with E-state index < -0.39 is 22.5 Å². The van der Waals surface area contributed by atoms with E-state index in [0.717, 1.165) is 10.6 Å². The number of rotatable bonds is 5. The minimum absolute atomic E-state index is 0.0309. The van der Waals surface area contributed by atoms with Gasteiger partial charge in [-0.15, -0.1) is 0 Å². The van der Waals surface area contributed by atoms with Gasteiger partial charge >= 0.3 is 5.69 Å². The quantitative estimate of drug-likeness (QED) is 0.555. The lowest BCUT2D eigenvalue weighted by atomic mass is 10.2. The number of fused-ring (bicyclic) bond motifs is 1. The van der Waals surface area contributed by atoms with Crippen molar-refractivity contribution >= 4 is 73.1 Å². The summed E-state index contributed by atoms with van der Waals surface area (Å²) < 4.78 is 28.4. The Morgan fingerprint density at radius 3 is 2.23 bits per heavy atom. The van der Waals surface area contributed by atoms with Crippen LogP contribution in [0.5, 0.6) is 0 Å². The van der Waals surface area contributed by atoms with E-state index in [1.807, 2.05) is 0 Å². The van der Waals surface area contributed by atoms with Crippen LogP contribution in [0.2, 0.25) is 15.1 Å². The van der Waals surface area contributed by atoms with Gasteiger partial charge in [-0.3, -0.25) is 18.2 Å². The molecule has 1 heterocycles. The Balaban J connectivity index is 1.91. The van der Waals surface area contributed by atoms with E-state index in [-0.39, 0.29) is 26.4 Å². The van der Waals surface area contributed by atoms with E-state index in [2.05, 4.69) is 5.32 Å². The molecule has 0 saturated carbocycles. The molecule has 8 nitrogen and oxygen atoms in total. The van der Waals surface area contributed by atoms with E-state index in [1.165, 1.54) is 21.3 Å². The Hall–Kier alpha value is -2.20. The number of halogens is 3. The first kappa shape index (κ1) is 22.5. The molecule has 0 radical (unpaired) electrons. The van der Waals surface area contributed by atoms with Crippen molar-refractivity contribution in [3.05, 3.63) is 55.9 Å². The molecule has 3 rings (SSSR count). The third kappa shape index (κ3) is 4.29. The van der Waals surface area contributed by atoms with Crippen molar-refractivity contribution in [2.45, 2.75) is 0 Å². The molecule has 2 aromatic carbocycles. The Bertz CT molecular complexity index is 1330. The molecule has 1 amide bonds. The first-order valence-electron chi connectivity index (χ1n) is 8.47. The average Bonchev–Trinajstić information content (AvgIpc) is 2.86. The van der Waals surface area contributed by atoms with Gasteiger partial charge in [0.05, 0.1) is 38.0 Å². The van der Waals surface area contributed by atoms with Gasteiger partial charge in [0.25, 0.3) is 0 Å². The summed E-state index contributed by atoms with van der Waals surface area (Å²) >= 11 is 18.0. The fourth-order valence-corrected chi connectivity index (χ4v) is 4.55. The number of nitrogens with one attached hydrogen (secondary N) is 1. The number of benzene rings is 2. The monoisotopic (exact) mass is 490 g/mol. The Morgan fingerprint density at radius 2 is 1.60 bits per heavy atom. The molecule has 0 unspecified atom stereocenters. The predicted molar refractivity (Wildman–Crippen MR) is 120 cm³/mol. The molecule has 0 spiro atoms. The summed E-state index contributed by atoms with van der Waals surface area (Å²) in [5.41, 5.74) is 1.55. The number of amides is 1. The van der Waals surface area contributed by atoms with Crippen LogP contribution in [0.25, 0.3) is 11.0 Å². The highest BCUT2D eigenvalue weighted by atomic mass is 35.5. The van der Waals surface area contributed by atoms with Crippen molar-refractivity contribution in [2.75, 3.05) is 22.4 Å². The molecule has 3 aromatic rings. The molecular weight excluding hydrogens is 475 g/mol. The van der Waals surface area contributed by atoms with Crippen molar-refractivity contribution in [1.82, 2.24) is 9.13 Å². The minimum Gasteiger partial charge on any atom is -0.324 e. The van der Waals surface area contributed by atoms with Gasteiger partial charge < -0.3 is 5.32 Å². The smallest absolute Gasteiger partial charge is 0.324 e. The molecule has 0 atom stereocenters. The molecule has 0 aliphatic heterocycles. The number of imidazole rings is 1. The molecule has 160 valence electrons. The molecule has 1 N–H and O–H groups in total. The molecule has 0 aliphatic rings. The molecule has 0 fully saturated rings. The van der Waals surface area contributed by atoms with E-state index in [9.17, 15) is 18.0 Å². The first-order valence-corrected chi connectivity index (χ1v) is 11.5. The summed E-state index contributed by atoms with van der Waals surface area (Å²) in [6.07, 6.45) is 0.949. The average molecular weight is 492 g/mol. The fraction of sp³-hybridized carbons (Fsp3) is 0.222. The van der Waals surface area contributed by atoms with Crippen LogP contribution in [0.15, 0.2) is 35.1 Å². The summed E-state index contributed by atoms with van der Waals surface area (Å²) in [4.78, 5) is 24.7. The van der Waals surface area contributed by atoms with Crippen LogP contribution in [0, 0.1) is 0 Å². The minimum atomic E-state index is -3.86. The van der Waals surface area contributed by atoms with Gasteiger partial charge in [-0.05, 0) is 30.3 Å². The number of aromatic nitrogens is 2. The maximum atomic E-state index is 12.6. The van der Waals surface area contributed by atoms with Gasteiger partial charge in [-0.25, -0.2) is 13.2 Å². The van der Waals surface area contributed by atoms with E-state index in [0.29, 0.717) is 16.7 Å². The number of sulfonamides is 1. The van der Waals surface area contributed by atoms with Crippen molar-refractivity contribution in [1.29, 1.82) is 0 Å². The summed E-state index contributed by atoms with van der Waals surface area (Å²) in [5.74, 6) is -0.608. The zero-order valence-electron chi connectivity index (χ0n) is 16.1. The summed E-state index contributed by atoms with van der Waals surface area (Å²) in [6, 6.07) is 7.53. The second-order valence-electron chi connectivity index (χ2n) is 6.64. The third-order valence-corrected chi connectivity index (χ3v) is 6.65. The van der Waals surface area contributed by atoms with Gasteiger partial charge in [-0.1, -0.05) is 34.8 Å². The predicted octanol–water partition coefficient (Wildman–Crippen LogP) is 3.24. The number of carbonyl (C=O) groups is 1. The largest absolute Gasteiger partial charge is 0.328 e. The number of aryl methyl sites for hydroxylation is 2. The highest BCUT2D eigenvalue weighted by molar-refractivity contribution is 7.92. The number of hydrogen-bond acceptors (Lipinski definition) is 4. The second kappa shape index (κ2) is 8.14. The highest BCUT2D eigenvalue weighted by Crippen LogP contribution is 2.35. The highest BCUT2D eigenvalue weighted by Gasteiger charge is 2.24. The Morgan fingerprint density at radius 1 is 1.00 bits per heavy atom. The van der Waals surface area contributed by atoms with Crippen molar-refractivity contribution in [3.63, 3.8) is 0 Å². The summed E-state index contributed by atoms with van der Waals surface area (Å²) in [6.45, 7) is -0.539. The van der Waals surface area contributed by atoms with Crippen LogP contribution in [0.3, 0.4) is 0 Å². The molecule has 30 heavy (non-hydrogen) atoms. The van der Waals surface area contributed by atoms with Crippen molar-refractivity contribution < 1.29 is 13.2 Å². The summed E-state index contributed by atoms with van der Waals surface area (Å²) in [7, 11) is -0.598. The molecular formula is C18H17Cl3N4O4S. The SMILES string of the molecule is Cn1c(=O)n(C)c2cc(NC(=O)CN(c3cc(Cl)c(Cl)cc3Cl)S(C)(=O)=O)ccc21. The zero-order chi connectivity index (χ0) is 22.4. The van der Waals surface area contributed by atoms with Gasteiger partial charge in [0.15, 0.2) is 0 Å². The van der Waals surface area contributed by atoms with Crippen LogP contribution in [0.4, 0.5) is 11.4 Å². The first-order chi connectivity index (χ1) is 13.9. The number of nitrogens with zero attached hydrogens (tertiary/aromatic N) is 3. The van der Waals surface area contributed by atoms with Crippen LogP contribution in [-0.4, -0.2) is 36.3 Å². The van der Waals surface area contributed by atoms with Crippen LogP contribution >= 0.6 is 34.8 Å². The molecule has 0 aliphatic carbocycles. The van der Waals surface area contributed by atoms with Crippen LogP contribution in [0.1, 0.15) is 0 Å². The zero-order valence-corrected chi connectivity index (χ0v) is 19.2. The second-order valence-corrected chi connectivity index (χ2v) is 9.77. The summed E-state index contributed by atoms with van der Waals surface area (Å²) in [5, 5.41) is 2.92. The standard InChI is InChI=1S/C18H17Cl3N4O4S/c1-23-14-5-4-10(6-16(14)24(2)18(23)27)22-17(26)9-25(30(3,28)29)15-8-12(20)11(19)7-13(15)21/h4-8H,9H2,1-3H3,(H,22,26). The van der Waals surface area contributed by atoms with Gasteiger partial charge in [0, 0.05) is 19.8 Å². The lowest BCUT2D eigenvalue weighted by Crippen LogP contribution is -2.37. The Kier molecular flexibility index (Phi) is 6.10. The molecule has 12 heteroatoms. The maximum absolute atomic E-state index is 12.6. The maximum Gasteiger partial charge on any atom is 0.328 e. The number of anilines is 2.